The van der Waals surface area contributed by atoms with Crippen molar-refractivity contribution in [3.05, 3.63) is 59.9 Å². The van der Waals surface area contributed by atoms with Crippen LogP contribution in [0, 0.1) is 11.7 Å². The SMILES string of the molecule is COC(=O)c1c(-c2ccc(F)cc2)noc1Nc1ccc(N2CCC(C)CC2)cc1. The van der Waals surface area contributed by atoms with Gasteiger partial charge >= 0.3 is 5.97 Å². The van der Waals surface area contributed by atoms with Gasteiger partial charge in [-0.25, -0.2) is 9.18 Å². The molecule has 0 radical (unpaired) electrons. The maximum absolute atomic E-state index is 13.3. The summed E-state index contributed by atoms with van der Waals surface area (Å²) in [7, 11) is 1.29. The van der Waals surface area contributed by atoms with Gasteiger partial charge in [-0.15, -0.1) is 0 Å². The first kappa shape index (κ1) is 19.9. The van der Waals surface area contributed by atoms with Crippen LogP contribution >= 0.6 is 0 Å². The zero-order chi connectivity index (χ0) is 21.1. The molecule has 0 bridgehead atoms. The Labute approximate surface area is 174 Å². The van der Waals surface area contributed by atoms with Crippen molar-refractivity contribution in [3.8, 4) is 11.3 Å². The van der Waals surface area contributed by atoms with Crippen molar-refractivity contribution in [1.82, 2.24) is 5.16 Å². The van der Waals surface area contributed by atoms with Gasteiger partial charge in [0.1, 0.15) is 11.5 Å². The summed E-state index contributed by atoms with van der Waals surface area (Å²) < 4.78 is 23.6. The van der Waals surface area contributed by atoms with Crippen molar-refractivity contribution >= 4 is 23.2 Å². The molecule has 0 atom stereocenters. The molecule has 1 saturated heterocycles. The van der Waals surface area contributed by atoms with E-state index in [0.29, 0.717) is 11.3 Å². The van der Waals surface area contributed by atoms with Crippen molar-refractivity contribution in [3.63, 3.8) is 0 Å². The van der Waals surface area contributed by atoms with Crippen molar-refractivity contribution < 1.29 is 18.4 Å². The standard InChI is InChI=1S/C23H24FN3O3/c1-15-11-13-27(14-12-15)19-9-7-18(8-10-19)25-22-20(23(28)29-2)21(26-30-22)16-3-5-17(24)6-4-16/h3-10,15,25H,11-14H2,1-2H3. The second kappa shape index (κ2) is 8.57. The number of methoxy groups -OCH3 is 1. The summed E-state index contributed by atoms with van der Waals surface area (Å²) in [6.45, 7) is 4.41. The summed E-state index contributed by atoms with van der Waals surface area (Å²) >= 11 is 0. The van der Waals surface area contributed by atoms with Gasteiger partial charge in [0.2, 0.25) is 5.88 Å². The van der Waals surface area contributed by atoms with E-state index < -0.39 is 5.97 Å². The molecule has 2 heterocycles. The first-order valence-electron chi connectivity index (χ1n) is 10.0. The molecule has 1 aromatic heterocycles. The molecule has 7 heteroatoms. The summed E-state index contributed by atoms with van der Waals surface area (Å²) in [6.07, 6.45) is 2.40. The monoisotopic (exact) mass is 409 g/mol. The minimum Gasteiger partial charge on any atom is -0.465 e. The number of halogens is 1. The van der Waals surface area contributed by atoms with Gasteiger partial charge in [0.15, 0.2) is 5.56 Å². The maximum atomic E-state index is 13.3. The van der Waals surface area contributed by atoms with E-state index in [1.807, 2.05) is 24.3 Å². The Balaban J connectivity index is 1.57. The smallest absolute Gasteiger partial charge is 0.345 e. The summed E-state index contributed by atoms with van der Waals surface area (Å²) in [5.74, 6) is 0.00186. The lowest BCUT2D eigenvalue weighted by Gasteiger charge is -2.32. The zero-order valence-corrected chi connectivity index (χ0v) is 17.0. The van der Waals surface area contributed by atoms with E-state index in [-0.39, 0.29) is 17.3 Å². The second-order valence-corrected chi connectivity index (χ2v) is 7.58. The van der Waals surface area contributed by atoms with Gasteiger partial charge in [-0.2, -0.15) is 0 Å². The molecular formula is C23H24FN3O3. The van der Waals surface area contributed by atoms with Crippen molar-refractivity contribution in [2.75, 3.05) is 30.4 Å². The lowest BCUT2D eigenvalue weighted by atomic mass is 9.99. The third-order valence-corrected chi connectivity index (χ3v) is 5.47. The average molecular weight is 409 g/mol. The van der Waals surface area contributed by atoms with Gasteiger partial charge in [0.25, 0.3) is 0 Å². The van der Waals surface area contributed by atoms with Gasteiger partial charge in [0, 0.05) is 30.0 Å². The van der Waals surface area contributed by atoms with Gasteiger partial charge in [-0.3, -0.25) is 0 Å². The Kier molecular flexibility index (Phi) is 5.70. The van der Waals surface area contributed by atoms with Crippen LogP contribution in [0.1, 0.15) is 30.1 Å². The number of nitrogens with one attached hydrogen (secondary N) is 1. The van der Waals surface area contributed by atoms with Gasteiger partial charge in [0.05, 0.1) is 7.11 Å². The molecule has 0 unspecified atom stereocenters. The molecule has 1 N–H and O–H groups in total. The second-order valence-electron chi connectivity index (χ2n) is 7.58. The van der Waals surface area contributed by atoms with E-state index in [2.05, 4.69) is 22.3 Å². The van der Waals surface area contributed by atoms with E-state index in [1.54, 1.807) is 0 Å². The van der Waals surface area contributed by atoms with Crippen LogP contribution in [0.4, 0.5) is 21.6 Å². The van der Waals surface area contributed by atoms with Gasteiger partial charge in [-0.1, -0.05) is 12.1 Å². The number of nitrogens with zero attached hydrogens (tertiary/aromatic N) is 2. The Morgan fingerprint density at radius 2 is 1.80 bits per heavy atom. The molecule has 0 aliphatic carbocycles. The van der Waals surface area contributed by atoms with Crippen LogP contribution in [0.3, 0.4) is 0 Å². The van der Waals surface area contributed by atoms with E-state index in [0.717, 1.165) is 24.7 Å². The number of hydrogen-bond acceptors (Lipinski definition) is 6. The Morgan fingerprint density at radius 1 is 1.13 bits per heavy atom. The maximum Gasteiger partial charge on any atom is 0.345 e. The third-order valence-electron chi connectivity index (χ3n) is 5.47. The quantitative estimate of drug-likeness (QED) is 0.581. The summed E-state index contributed by atoms with van der Waals surface area (Å²) in [5.41, 5.74) is 2.95. The van der Waals surface area contributed by atoms with Gasteiger partial charge in [-0.05, 0) is 67.3 Å². The summed E-state index contributed by atoms with van der Waals surface area (Å²) in [6, 6.07) is 13.7. The van der Waals surface area contributed by atoms with Crippen molar-refractivity contribution in [1.29, 1.82) is 0 Å². The van der Waals surface area contributed by atoms with Crippen LogP contribution in [-0.2, 0) is 4.74 Å². The first-order chi connectivity index (χ1) is 14.5. The lowest BCUT2D eigenvalue weighted by molar-refractivity contribution is 0.0602. The molecule has 0 saturated carbocycles. The average Bonchev–Trinajstić information content (AvgIpc) is 3.18. The fourth-order valence-corrected chi connectivity index (χ4v) is 3.63. The molecule has 6 nitrogen and oxygen atoms in total. The fourth-order valence-electron chi connectivity index (χ4n) is 3.63. The van der Waals surface area contributed by atoms with Crippen molar-refractivity contribution in [2.24, 2.45) is 5.92 Å². The highest BCUT2D eigenvalue weighted by atomic mass is 19.1. The minimum absolute atomic E-state index is 0.165. The van der Waals surface area contributed by atoms with E-state index in [4.69, 9.17) is 9.26 Å². The molecular weight excluding hydrogens is 385 g/mol. The molecule has 4 rings (SSSR count). The number of carbonyl (C=O) groups is 1. The first-order valence-corrected chi connectivity index (χ1v) is 10.0. The van der Waals surface area contributed by atoms with Crippen LogP contribution in [0.5, 0.6) is 0 Å². The third kappa shape index (κ3) is 4.15. The van der Waals surface area contributed by atoms with Crippen molar-refractivity contribution in [2.45, 2.75) is 19.8 Å². The number of anilines is 3. The van der Waals surface area contributed by atoms with Crippen LogP contribution in [0.25, 0.3) is 11.3 Å². The van der Waals surface area contributed by atoms with E-state index in [1.165, 1.54) is 49.9 Å². The predicted molar refractivity (Wildman–Crippen MR) is 114 cm³/mol. The summed E-state index contributed by atoms with van der Waals surface area (Å²) in [5, 5.41) is 7.11. The van der Waals surface area contributed by atoms with E-state index in [9.17, 15) is 9.18 Å². The lowest BCUT2D eigenvalue weighted by Crippen LogP contribution is -2.32. The van der Waals surface area contributed by atoms with Crippen LogP contribution in [0.2, 0.25) is 0 Å². The Morgan fingerprint density at radius 3 is 2.43 bits per heavy atom. The zero-order valence-electron chi connectivity index (χ0n) is 17.0. The molecule has 1 aliphatic heterocycles. The fraction of sp³-hybridized carbons (Fsp3) is 0.304. The number of piperidine rings is 1. The van der Waals surface area contributed by atoms with E-state index >= 15 is 0 Å². The largest absolute Gasteiger partial charge is 0.465 e. The van der Waals surface area contributed by atoms with Crippen LogP contribution in [0.15, 0.2) is 53.1 Å². The number of benzene rings is 2. The molecule has 156 valence electrons. The number of aromatic nitrogens is 1. The number of carbonyl (C=O) groups excluding carboxylic acids is 1. The van der Waals surface area contributed by atoms with Crippen LogP contribution in [-0.4, -0.2) is 31.3 Å². The highest BCUT2D eigenvalue weighted by Crippen LogP contribution is 2.32. The number of rotatable bonds is 5. The molecule has 3 aromatic rings. The summed E-state index contributed by atoms with van der Waals surface area (Å²) in [4.78, 5) is 14.8. The number of ether oxygens (including phenoxy) is 1. The molecule has 1 fully saturated rings. The highest BCUT2D eigenvalue weighted by Gasteiger charge is 2.25. The molecule has 1 aliphatic rings. The molecule has 0 spiro atoms. The Hall–Kier alpha value is -3.35. The molecule has 30 heavy (non-hydrogen) atoms. The van der Waals surface area contributed by atoms with Crippen LogP contribution < -0.4 is 10.2 Å². The van der Waals surface area contributed by atoms with Gasteiger partial charge < -0.3 is 19.5 Å². The molecule has 0 amide bonds. The number of hydrogen-bond donors (Lipinski definition) is 1. The normalized spacial score (nSPS) is 14.6. The Bertz CT molecular complexity index is 1010. The predicted octanol–water partition coefficient (Wildman–Crippen LogP) is 5.25. The molecule has 2 aromatic carbocycles. The topological polar surface area (TPSA) is 67.6 Å². The minimum atomic E-state index is -0.586. The number of esters is 1. The highest BCUT2D eigenvalue weighted by molar-refractivity contribution is 6.01.